The highest BCUT2D eigenvalue weighted by Crippen LogP contribution is 2.26. The molecule has 0 saturated carbocycles. The van der Waals surface area contributed by atoms with Gasteiger partial charge in [-0.1, -0.05) is 42.5 Å². The van der Waals surface area contributed by atoms with Crippen molar-refractivity contribution in [1.29, 1.82) is 0 Å². The molecule has 3 nitrogen and oxygen atoms in total. The quantitative estimate of drug-likeness (QED) is 0.611. The number of aliphatic imine (C=N–C) groups is 1. The first-order valence-corrected chi connectivity index (χ1v) is 6.51. The lowest BCUT2D eigenvalue weighted by Crippen LogP contribution is -2.00. The third-order valence-corrected chi connectivity index (χ3v) is 3.07. The first kappa shape index (κ1) is 14.0. The van der Waals surface area contributed by atoms with E-state index < -0.39 is 0 Å². The van der Waals surface area contributed by atoms with Crippen LogP contribution in [0, 0.1) is 13.8 Å². The van der Waals surface area contributed by atoms with Gasteiger partial charge in [-0.3, -0.25) is 0 Å². The van der Waals surface area contributed by atoms with Gasteiger partial charge < -0.3 is 4.74 Å². The average Bonchev–Trinajstić information content (AvgIpc) is 2.45. The van der Waals surface area contributed by atoms with E-state index in [0.717, 1.165) is 28.0 Å². The van der Waals surface area contributed by atoms with Crippen LogP contribution in [0.5, 0.6) is 5.75 Å². The van der Waals surface area contributed by atoms with Crippen LogP contribution in [0.3, 0.4) is 0 Å². The molecule has 0 heterocycles. The molecule has 2 rings (SSSR count). The fourth-order valence-electron chi connectivity index (χ4n) is 2.21. The fraction of sp³-hybridized carbons (Fsp3) is 0.235. The number of ether oxygens (including phenoxy) is 1. The van der Waals surface area contributed by atoms with Crippen molar-refractivity contribution in [3.05, 3.63) is 64.7 Å². The third-order valence-electron chi connectivity index (χ3n) is 3.07. The maximum Gasteiger partial charge on any atom is 0.235 e. The molecule has 0 fully saturated rings. The lowest BCUT2D eigenvalue weighted by Gasteiger charge is -2.13. The monoisotopic (exact) mass is 267 g/mol. The second kappa shape index (κ2) is 6.69. The minimum absolute atomic E-state index is 0.365. The van der Waals surface area contributed by atoms with E-state index in [9.17, 15) is 4.79 Å². The van der Waals surface area contributed by atoms with Crippen molar-refractivity contribution in [1.82, 2.24) is 0 Å². The number of hydrogen-bond acceptors (Lipinski definition) is 3. The predicted octanol–water partition coefficient (Wildman–Crippen LogP) is 3.72. The summed E-state index contributed by atoms with van der Waals surface area (Å²) in [5, 5.41) is 0. The van der Waals surface area contributed by atoms with Gasteiger partial charge in [0.15, 0.2) is 0 Å². The molecule has 2 aromatic rings. The van der Waals surface area contributed by atoms with Gasteiger partial charge in [-0.15, -0.1) is 0 Å². The minimum Gasteiger partial charge on any atom is -0.488 e. The Hall–Kier alpha value is -2.38. The Kier molecular flexibility index (Phi) is 4.70. The summed E-state index contributed by atoms with van der Waals surface area (Å²) in [6.07, 6.45) is 1.56. The molecule has 0 aliphatic carbocycles. The first-order valence-electron chi connectivity index (χ1n) is 6.51. The van der Waals surface area contributed by atoms with Gasteiger partial charge in [-0.25, -0.2) is 9.79 Å². The molecule has 0 N–H and O–H groups in total. The molecule has 20 heavy (non-hydrogen) atoms. The van der Waals surface area contributed by atoms with Gasteiger partial charge in [0, 0.05) is 0 Å². The summed E-state index contributed by atoms with van der Waals surface area (Å²) >= 11 is 0. The van der Waals surface area contributed by atoms with Crippen molar-refractivity contribution in [2.45, 2.75) is 27.0 Å². The standard InChI is InChI=1S/C17H17NO2/c1-13-8-16(10-18-12-19)9-14(2)17(13)20-11-15-6-4-3-5-7-15/h3-9H,10-11H2,1-2H3. The molecule has 0 saturated heterocycles. The van der Waals surface area contributed by atoms with Crippen LogP contribution in [-0.4, -0.2) is 6.08 Å². The van der Waals surface area contributed by atoms with Crippen molar-refractivity contribution >= 4 is 6.08 Å². The molecule has 3 heteroatoms. The molecule has 102 valence electrons. The van der Waals surface area contributed by atoms with Crippen LogP contribution in [0.15, 0.2) is 47.5 Å². The summed E-state index contributed by atoms with van der Waals surface area (Å²) in [7, 11) is 0. The van der Waals surface area contributed by atoms with Crippen molar-refractivity contribution in [3.63, 3.8) is 0 Å². The summed E-state index contributed by atoms with van der Waals surface area (Å²) in [6.45, 7) is 4.92. The molecule has 0 spiro atoms. The Morgan fingerprint density at radius 3 is 2.30 bits per heavy atom. The molecule has 0 atom stereocenters. The Morgan fingerprint density at radius 2 is 1.70 bits per heavy atom. The predicted molar refractivity (Wildman–Crippen MR) is 78.5 cm³/mol. The first-order chi connectivity index (χ1) is 9.70. The van der Waals surface area contributed by atoms with Gasteiger partial charge in [-0.05, 0) is 36.1 Å². The zero-order valence-corrected chi connectivity index (χ0v) is 11.7. The lowest BCUT2D eigenvalue weighted by molar-refractivity contribution is 0.302. The highest BCUT2D eigenvalue weighted by atomic mass is 16.5. The van der Waals surface area contributed by atoms with Crippen LogP contribution in [0.1, 0.15) is 22.3 Å². The largest absolute Gasteiger partial charge is 0.488 e. The van der Waals surface area contributed by atoms with E-state index in [1.165, 1.54) is 0 Å². The molecule has 0 unspecified atom stereocenters. The average molecular weight is 267 g/mol. The zero-order chi connectivity index (χ0) is 14.4. The Bertz CT molecular complexity index is 606. The van der Waals surface area contributed by atoms with Crippen molar-refractivity contribution < 1.29 is 9.53 Å². The molecular weight excluding hydrogens is 250 g/mol. The summed E-state index contributed by atoms with van der Waals surface area (Å²) in [5.41, 5.74) is 4.24. The highest BCUT2D eigenvalue weighted by molar-refractivity contribution is 5.44. The van der Waals surface area contributed by atoms with Crippen molar-refractivity contribution in [2.24, 2.45) is 4.99 Å². The normalized spacial score (nSPS) is 9.90. The molecular formula is C17H17NO2. The van der Waals surface area contributed by atoms with Crippen LogP contribution >= 0.6 is 0 Å². The van der Waals surface area contributed by atoms with Gasteiger partial charge in [0.1, 0.15) is 12.4 Å². The van der Waals surface area contributed by atoms with E-state index >= 15 is 0 Å². The molecule has 0 amide bonds. The number of benzene rings is 2. The second-order valence-corrected chi connectivity index (χ2v) is 4.74. The van der Waals surface area contributed by atoms with Crippen LogP contribution in [0.25, 0.3) is 0 Å². The molecule has 0 bridgehead atoms. The van der Waals surface area contributed by atoms with Crippen LogP contribution < -0.4 is 4.74 Å². The van der Waals surface area contributed by atoms with Gasteiger partial charge in [0.05, 0.1) is 6.54 Å². The maximum atomic E-state index is 10.2. The molecule has 2 aromatic carbocycles. The summed E-state index contributed by atoms with van der Waals surface area (Å²) < 4.78 is 5.91. The number of rotatable bonds is 5. The minimum atomic E-state index is 0.365. The van der Waals surface area contributed by atoms with Crippen LogP contribution in [0.4, 0.5) is 0 Å². The number of isocyanates is 1. The molecule has 0 aliphatic heterocycles. The van der Waals surface area contributed by atoms with E-state index in [1.54, 1.807) is 6.08 Å². The topological polar surface area (TPSA) is 38.7 Å². The molecule has 0 aliphatic rings. The Balaban J connectivity index is 2.14. The number of aryl methyl sites for hydroxylation is 2. The zero-order valence-electron chi connectivity index (χ0n) is 11.7. The molecule has 0 radical (unpaired) electrons. The van der Waals surface area contributed by atoms with Gasteiger partial charge in [0.25, 0.3) is 0 Å². The maximum absolute atomic E-state index is 10.2. The lowest BCUT2D eigenvalue weighted by atomic mass is 10.1. The summed E-state index contributed by atoms with van der Waals surface area (Å²) in [4.78, 5) is 13.8. The van der Waals surface area contributed by atoms with Gasteiger partial charge in [-0.2, -0.15) is 0 Å². The summed E-state index contributed by atoms with van der Waals surface area (Å²) in [5.74, 6) is 0.896. The summed E-state index contributed by atoms with van der Waals surface area (Å²) in [6, 6.07) is 14.1. The highest BCUT2D eigenvalue weighted by Gasteiger charge is 2.06. The molecule has 0 aromatic heterocycles. The second-order valence-electron chi connectivity index (χ2n) is 4.74. The SMILES string of the molecule is Cc1cc(CN=C=O)cc(C)c1OCc1ccccc1. The smallest absolute Gasteiger partial charge is 0.235 e. The van der Waals surface area contributed by atoms with E-state index in [-0.39, 0.29) is 0 Å². The third kappa shape index (κ3) is 3.56. The van der Waals surface area contributed by atoms with Crippen LogP contribution in [-0.2, 0) is 17.9 Å². The van der Waals surface area contributed by atoms with E-state index in [2.05, 4.69) is 4.99 Å². The Labute approximate surface area is 118 Å². The Morgan fingerprint density at radius 1 is 1.05 bits per heavy atom. The van der Waals surface area contributed by atoms with Crippen molar-refractivity contribution in [2.75, 3.05) is 0 Å². The number of carbonyl (C=O) groups excluding carboxylic acids is 1. The van der Waals surface area contributed by atoms with E-state index in [4.69, 9.17) is 4.74 Å². The van der Waals surface area contributed by atoms with Gasteiger partial charge >= 0.3 is 0 Å². The fourth-order valence-corrected chi connectivity index (χ4v) is 2.21. The van der Waals surface area contributed by atoms with Crippen molar-refractivity contribution in [3.8, 4) is 5.75 Å². The van der Waals surface area contributed by atoms with E-state index in [1.807, 2.05) is 56.3 Å². The number of hydrogen-bond donors (Lipinski definition) is 0. The van der Waals surface area contributed by atoms with Crippen LogP contribution in [0.2, 0.25) is 0 Å². The number of nitrogens with zero attached hydrogens (tertiary/aromatic N) is 1. The van der Waals surface area contributed by atoms with Gasteiger partial charge in [0.2, 0.25) is 6.08 Å². The van der Waals surface area contributed by atoms with E-state index in [0.29, 0.717) is 13.2 Å².